The van der Waals surface area contributed by atoms with Gasteiger partial charge in [-0.05, 0) is 73.1 Å². The number of hydrogen-bond acceptors (Lipinski definition) is 6. The molecule has 0 bridgehead atoms. The highest BCUT2D eigenvalue weighted by atomic mass is 32.2. The Labute approximate surface area is 220 Å². The number of rotatable bonds is 15. The Morgan fingerprint density at radius 2 is 1.81 bits per heavy atom. The SMILES string of the molecule is CC(CCC(Cc1ccccc1)C(O)CN(CC1CCC1)S(=O)(=O)c1ccc(C=NO)cc1)CC(N)=O. The van der Waals surface area contributed by atoms with Crippen molar-refractivity contribution < 1.29 is 23.5 Å². The summed E-state index contributed by atoms with van der Waals surface area (Å²) in [5, 5.41) is 23.1. The summed E-state index contributed by atoms with van der Waals surface area (Å²) < 4.78 is 28.8. The molecule has 4 N–H and O–H groups in total. The third kappa shape index (κ3) is 8.66. The summed E-state index contributed by atoms with van der Waals surface area (Å²) >= 11 is 0. The van der Waals surface area contributed by atoms with E-state index in [2.05, 4.69) is 5.16 Å². The number of carbonyl (C=O) groups is 1. The Balaban J connectivity index is 1.81. The van der Waals surface area contributed by atoms with Crippen molar-refractivity contribution >= 4 is 22.1 Å². The lowest BCUT2D eigenvalue weighted by molar-refractivity contribution is -0.118. The van der Waals surface area contributed by atoms with Gasteiger partial charge in [0, 0.05) is 19.5 Å². The third-order valence-electron chi connectivity index (χ3n) is 7.27. The molecule has 8 nitrogen and oxygen atoms in total. The summed E-state index contributed by atoms with van der Waals surface area (Å²) in [6.07, 6.45) is 5.66. The molecule has 0 spiro atoms. The van der Waals surface area contributed by atoms with E-state index in [9.17, 15) is 18.3 Å². The normalized spacial score (nSPS) is 16.9. The molecule has 0 aliphatic heterocycles. The van der Waals surface area contributed by atoms with Gasteiger partial charge in [-0.1, -0.05) is 61.0 Å². The Bertz CT molecular complexity index is 1120. The highest BCUT2D eigenvalue weighted by Crippen LogP contribution is 2.31. The quantitative estimate of drug-likeness (QED) is 0.183. The van der Waals surface area contributed by atoms with E-state index < -0.39 is 16.1 Å². The van der Waals surface area contributed by atoms with E-state index in [1.807, 2.05) is 37.3 Å². The average Bonchev–Trinajstić information content (AvgIpc) is 2.83. The number of benzene rings is 2. The maximum absolute atomic E-state index is 13.7. The van der Waals surface area contributed by atoms with Crippen molar-refractivity contribution in [1.29, 1.82) is 0 Å². The van der Waals surface area contributed by atoms with E-state index in [0.29, 0.717) is 31.4 Å². The lowest BCUT2D eigenvalue weighted by Crippen LogP contribution is -2.44. The fourth-order valence-electron chi connectivity index (χ4n) is 4.82. The maximum atomic E-state index is 13.7. The van der Waals surface area contributed by atoms with E-state index in [-0.39, 0.29) is 41.5 Å². The predicted molar refractivity (Wildman–Crippen MR) is 144 cm³/mol. The van der Waals surface area contributed by atoms with Gasteiger partial charge in [0.25, 0.3) is 0 Å². The molecule has 0 heterocycles. The zero-order valence-electron chi connectivity index (χ0n) is 21.4. The Morgan fingerprint density at radius 1 is 1.14 bits per heavy atom. The number of oxime groups is 1. The van der Waals surface area contributed by atoms with E-state index in [1.165, 1.54) is 22.7 Å². The fraction of sp³-hybridized carbons (Fsp3) is 0.500. The Morgan fingerprint density at radius 3 is 2.38 bits per heavy atom. The van der Waals surface area contributed by atoms with Crippen LogP contribution in [-0.2, 0) is 21.2 Å². The standard InChI is InChI=1S/C28H39N3O5S/c1-21(16-28(29)33)10-13-25(17-22-6-3-2-4-7-22)27(32)20-31(19-24-8-5-9-24)37(35,36)26-14-11-23(12-15-26)18-30-34/h2-4,6-7,11-12,14-15,18,21,24-25,27,32,34H,5,8-10,13,16-17,19-20H2,1H3,(H2,29,33). The van der Waals surface area contributed by atoms with Gasteiger partial charge >= 0.3 is 0 Å². The van der Waals surface area contributed by atoms with Crippen molar-refractivity contribution in [2.24, 2.45) is 28.6 Å². The molecule has 1 saturated carbocycles. The molecule has 1 aliphatic carbocycles. The van der Waals surface area contributed by atoms with E-state index in [4.69, 9.17) is 10.9 Å². The van der Waals surface area contributed by atoms with Crippen molar-refractivity contribution in [3.8, 4) is 0 Å². The number of carbonyl (C=O) groups excluding carboxylic acids is 1. The van der Waals surface area contributed by atoms with Crippen molar-refractivity contribution in [2.75, 3.05) is 13.1 Å². The highest BCUT2D eigenvalue weighted by molar-refractivity contribution is 7.89. The summed E-state index contributed by atoms with van der Waals surface area (Å²) in [6, 6.07) is 16.0. The molecule has 1 amide bonds. The van der Waals surface area contributed by atoms with Gasteiger partial charge in [-0.3, -0.25) is 4.79 Å². The second-order valence-electron chi connectivity index (χ2n) is 10.3. The van der Waals surface area contributed by atoms with Crippen LogP contribution in [0.5, 0.6) is 0 Å². The minimum absolute atomic E-state index is 0.000381. The molecule has 1 fully saturated rings. The van der Waals surface area contributed by atoms with E-state index in [1.54, 1.807) is 12.1 Å². The van der Waals surface area contributed by atoms with Crippen LogP contribution in [0.25, 0.3) is 0 Å². The van der Waals surface area contributed by atoms with Gasteiger partial charge in [0.2, 0.25) is 15.9 Å². The molecule has 3 rings (SSSR count). The zero-order valence-corrected chi connectivity index (χ0v) is 22.3. The molecule has 2 aromatic rings. The van der Waals surface area contributed by atoms with Gasteiger partial charge in [0.15, 0.2) is 0 Å². The molecular formula is C28H39N3O5S. The van der Waals surface area contributed by atoms with E-state index >= 15 is 0 Å². The molecule has 202 valence electrons. The summed E-state index contributed by atoms with van der Waals surface area (Å²) in [7, 11) is -3.85. The third-order valence-corrected chi connectivity index (χ3v) is 9.11. The summed E-state index contributed by atoms with van der Waals surface area (Å²) in [4.78, 5) is 11.5. The van der Waals surface area contributed by atoms with Crippen molar-refractivity contribution in [1.82, 2.24) is 4.31 Å². The van der Waals surface area contributed by atoms with Crippen molar-refractivity contribution in [3.63, 3.8) is 0 Å². The lowest BCUT2D eigenvalue weighted by atomic mass is 9.84. The van der Waals surface area contributed by atoms with Crippen LogP contribution in [0.1, 0.15) is 56.6 Å². The van der Waals surface area contributed by atoms with Crippen molar-refractivity contribution in [3.05, 3.63) is 65.7 Å². The van der Waals surface area contributed by atoms with Crippen LogP contribution >= 0.6 is 0 Å². The molecule has 3 unspecified atom stereocenters. The predicted octanol–water partition coefficient (Wildman–Crippen LogP) is 3.80. The molecule has 0 aromatic heterocycles. The van der Waals surface area contributed by atoms with E-state index in [0.717, 1.165) is 24.8 Å². The summed E-state index contributed by atoms with van der Waals surface area (Å²) in [5.74, 6) is -0.161. The summed E-state index contributed by atoms with van der Waals surface area (Å²) in [5.41, 5.74) is 7.02. The number of sulfonamides is 1. The van der Waals surface area contributed by atoms with Crippen LogP contribution in [0.2, 0.25) is 0 Å². The van der Waals surface area contributed by atoms with Crippen LogP contribution in [0.15, 0.2) is 64.6 Å². The first-order valence-electron chi connectivity index (χ1n) is 13.0. The highest BCUT2D eigenvalue weighted by Gasteiger charge is 2.33. The number of aliphatic hydroxyl groups excluding tert-OH is 1. The zero-order chi connectivity index (χ0) is 26.8. The monoisotopic (exact) mass is 529 g/mol. The van der Waals surface area contributed by atoms with Gasteiger partial charge in [0.1, 0.15) is 0 Å². The molecule has 9 heteroatoms. The second kappa shape index (κ2) is 13.7. The first kappa shape index (κ1) is 28.8. The number of nitrogens with two attached hydrogens (primary N) is 1. The fourth-order valence-corrected chi connectivity index (χ4v) is 6.36. The number of nitrogens with zero attached hydrogens (tertiary/aromatic N) is 2. The smallest absolute Gasteiger partial charge is 0.243 e. The molecule has 3 atom stereocenters. The topological polar surface area (TPSA) is 133 Å². The van der Waals surface area contributed by atoms with Crippen LogP contribution in [0, 0.1) is 17.8 Å². The lowest BCUT2D eigenvalue weighted by Gasteiger charge is -2.34. The Hall–Kier alpha value is -2.75. The largest absolute Gasteiger partial charge is 0.411 e. The number of amides is 1. The molecule has 0 radical (unpaired) electrons. The molecule has 37 heavy (non-hydrogen) atoms. The Kier molecular flexibility index (Phi) is 10.7. The minimum Gasteiger partial charge on any atom is -0.411 e. The van der Waals surface area contributed by atoms with Gasteiger partial charge in [-0.15, -0.1) is 0 Å². The molecule has 0 saturated heterocycles. The first-order valence-corrected chi connectivity index (χ1v) is 14.4. The molecular weight excluding hydrogens is 490 g/mol. The molecule has 2 aromatic carbocycles. The number of primary amides is 1. The van der Waals surface area contributed by atoms with Gasteiger partial charge in [-0.2, -0.15) is 4.31 Å². The summed E-state index contributed by atoms with van der Waals surface area (Å²) in [6.45, 7) is 2.34. The van der Waals surface area contributed by atoms with Crippen LogP contribution in [-0.4, -0.2) is 54.4 Å². The van der Waals surface area contributed by atoms with Gasteiger partial charge in [0.05, 0.1) is 17.2 Å². The molecule has 1 aliphatic rings. The van der Waals surface area contributed by atoms with Crippen LogP contribution in [0.4, 0.5) is 0 Å². The maximum Gasteiger partial charge on any atom is 0.243 e. The van der Waals surface area contributed by atoms with Gasteiger partial charge in [-0.25, -0.2) is 8.42 Å². The number of aliphatic hydroxyl groups is 1. The number of hydrogen-bond donors (Lipinski definition) is 3. The first-order chi connectivity index (χ1) is 17.7. The van der Waals surface area contributed by atoms with Crippen LogP contribution < -0.4 is 5.73 Å². The second-order valence-corrected chi connectivity index (χ2v) is 12.2. The van der Waals surface area contributed by atoms with Crippen LogP contribution in [0.3, 0.4) is 0 Å². The van der Waals surface area contributed by atoms with Gasteiger partial charge < -0.3 is 16.0 Å². The van der Waals surface area contributed by atoms with Crippen molar-refractivity contribution in [2.45, 2.75) is 62.9 Å². The minimum atomic E-state index is -3.85. The average molecular weight is 530 g/mol.